The van der Waals surface area contributed by atoms with Crippen LogP contribution in [0.3, 0.4) is 0 Å². The van der Waals surface area contributed by atoms with Crippen LogP contribution in [-0.4, -0.2) is 24.6 Å². The number of hydrogen-bond acceptors (Lipinski definition) is 1. The van der Waals surface area contributed by atoms with E-state index in [1.165, 1.54) is 128 Å². The Morgan fingerprint density at radius 2 is 0.794 bits per heavy atom. The van der Waals surface area contributed by atoms with Gasteiger partial charge in [0.1, 0.15) is 11.7 Å². The topological polar surface area (TPSA) is 9.23 Å². The van der Waals surface area contributed by atoms with E-state index < -0.39 is 33.8 Å². The third-order valence-electron chi connectivity index (χ3n) is 18.3. The molecule has 0 saturated heterocycles. The van der Waals surface area contributed by atoms with Gasteiger partial charge in [-0.25, -0.2) is 17.6 Å². The Balaban J connectivity index is 0.963. The van der Waals surface area contributed by atoms with Gasteiger partial charge in [-0.1, -0.05) is 206 Å². The van der Waals surface area contributed by atoms with E-state index in [0.717, 1.165) is 127 Å². The summed E-state index contributed by atoms with van der Waals surface area (Å²) in [5.41, 5.74) is -5.48. The van der Waals surface area contributed by atoms with Crippen LogP contribution in [0.25, 0.3) is 0 Å². The molecule has 0 spiro atoms. The lowest BCUT2D eigenvalue weighted by molar-refractivity contribution is -0.0591. The molecule has 1 nitrogen and oxygen atoms in total. The van der Waals surface area contributed by atoms with Gasteiger partial charge < -0.3 is 4.74 Å². The van der Waals surface area contributed by atoms with E-state index >= 15 is 17.6 Å². The highest BCUT2D eigenvalue weighted by atomic mass is 19.2. The van der Waals surface area contributed by atoms with E-state index in [4.69, 9.17) is 4.74 Å². The van der Waals surface area contributed by atoms with Gasteiger partial charge in [0.15, 0.2) is 11.3 Å². The maximum atomic E-state index is 17.5. The van der Waals surface area contributed by atoms with Crippen LogP contribution in [0.5, 0.6) is 0 Å². The number of alkyl halides is 2. The van der Waals surface area contributed by atoms with Gasteiger partial charge in [0.25, 0.3) is 0 Å². The zero-order valence-corrected chi connectivity index (χ0v) is 40.7. The smallest absolute Gasteiger partial charge is 0.185 e. The summed E-state index contributed by atoms with van der Waals surface area (Å²) >= 11 is 0. The zero-order valence-electron chi connectivity index (χ0n) is 40.7. The molecule has 6 aliphatic rings. The lowest BCUT2D eigenvalue weighted by atomic mass is 9.53. The monoisotopic (exact) mass is 883 g/mol. The SMILES string of the molecule is CCCCCCCCCC[C@H]1CC[C@H](C2([C@@]3(F)C=C[C@@H](COC[C@@H]4C=C[C@](F)(C5([C@H]6CC[C@H](CCCCCCCCCC)CC6)CCCCC5)C(F)=C4)C=C3F)CCCCC2)CC1. The van der Waals surface area contributed by atoms with Crippen LogP contribution in [0.2, 0.25) is 0 Å². The second-order valence-electron chi connectivity index (χ2n) is 22.4. The maximum Gasteiger partial charge on any atom is 0.185 e. The van der Waals surface area contributed by atoms with Crippen molar-refractivity contribution in [1.29, 1.82) is 0 Å². The van der Waals surface area contributed by atoms with Crippen molar-refractivity contribution in [3.05, 3.63) is 48.1 Å². The normalized spacial score (nSPS) is 33.2. The number of ether oxygens (including phenoxy) is 1. The van der Waals surface area contributed by atoms with Gasteiger partial charge in [-0.2, -0.15) is 0 Å². The minimum absolute atomic E-state index is 0.198. The van der Waals surface area contributed by atoms with Crippen molar-refractivity contribution in [1.82, 2.24) is 0 Å². The molecule has 0 bridgehead atoms. The van der Waals surface area contributed by atoms with Crippen LogP contribution in [0.15, 0.2) is 48.1 Å². The molecule has 4 atom stereocenters. The number of allylic oxidation sites excluding steroid dienone is 4. The molecule has 0 amide bonds. The van der Waals surface area contributed by atoms with Crippen molar-refractivity contribution >= 4 is 0 Å². The van der Waals surface area contributed by atoms with Crippen LogP contribution in [0.1, 0.15) is 245 Å². The summed E-state index contributed by atoms with van der Waals surface area (Å²) in [5.74, 6) is -0.133. The maximum absolute atomic E-state index is 17.5. The molecule has 5 heteroatoms. The highest BCUT2D eigenvalue weighted by Crippen LogP contribution is 2.62. The largest absolute Gasteiger partial charge is 0.380 e. The zero-order chi connectivity index (χ0) is 44.4. The minimum atomic E-state index is -2.07. The van der Waals surface area contributed by atoms with Gasteiger partial charge >= 0.3 is 0 Å². The molecule has 0 aliphatic heterocycles. The molecule has 4 saturated carbocycles. The summed E-state index contributed by atoms with van der Waals surface area (Å²) < 4.78 is 73.8. The third-order valence-corrected chi connectivity index (χ3v) is 18.3. The predicted octanol–water partition coefficient (Wildman–Crippen LogP) is 19.1. The molecule has 63 heavy (non-hydrogen) atoms. The summed E-state index contributed by atoms with van der Waals surface area (Å²) in [4.78, 5) is 0. The number of rotatable bonds is 26. The first-order chi connectivity index (χ1) is 30.7. The fourth-order valence-electron chi connectivity index (χ4n) is 14.4. The van der Waals surface area contributed by atoms with Crippen LogP contribution in [-0.2, 0) is 4.74 Å². The van der Waals surface area contributed by atoms with Gasteiger partial charge in [-0.3, -0.25) is 0 Å². The van der Waals surface area contributed by atoms with E-state index in [2.05, 4.69) is 13.8 Å². The quantitative estimate of drug-likeness (QED) is 0.0478. The van der Waals surface area contributed by atoms with Crippen molar-refractivity contribution in [2.24, 2.45) is 46.3 Å². The molecule has 0 aromatic rings. The van der Waals surface area contributed by atoms with Crippen molar-refractivity contribution in [3.63, 3.8) is 0 Å². The van der Waals surface area contributed by atoms with Gasteiger partial charge in [0.2, 0.25) is 0 Å². The Morgan fingerprint density at radius 1 is 0.460 bits per heavy atom. The summed E-state index contributed by atoms with van der Waals surface area (Å²) in [6, 6.07) is 0. The van der Waals surface area contributed by atoms with E-state index in [9.17, 15) is 0 Å². The Labute approximate surface area is 385 Å². The standard InChI is InChI=1S/C58H94F4O/c1-3-5-7-9-11-13-15-19-25-47-27-31-51(32-28-47)55(37-21-17-22-38-55)57(61)41-35-49(43-53(57)59)45-63-46-50-36-42-58(62,54(60)44-50)56(39-23-18-24-40-56)52-33-29-48(30-34-52)26-20-16-14-12-10-8-6-4-2/h35-36,41-44,47-52H,3-34,37-40,45-46H2,1-2H3/t47-,48-,49-,50-,51-,52-,57-,58-/m1/s1. The van der Waals surface area contributed by atoms with E-state index in [1.54, 1.807) is 12.2 Å². The lowest BCUT2D eigenvalue weighted by Gasteiger charge is -2.53. The van der Waals surface area contributed by atoms with Crippen LogP contribution in [0, 0.1) is 46.3 Å². The van der Waals surface area contributed by atoms with Crippen LogP contribution in [0.4, 0.5) is 17.6 Å². The minimum Gasteiger partial charge on any atom is -0.380 e. The number of unbranched alkanes of at least 4 members (excludes halogenated alkanes) is 14. The molecule has 0 aromatic carbocycles. The third kappa shape index (κ3) is 13.0. The molecule has 0 radical (unpaired) electrons. The average molecular weight is 883 g/mol. The fraction of sp³-hybridized carbons (Fsp3) is 0.862. The van der Waals surface area contributed by atoms with Crippen molar-refractivity contribution in [2.75, 3.05) is 13.2 Å². The highest BCUT2D eigenvalue weighted by molar-refractivity contribution is 5.35. The Morgan fingerprint density at radius 3 is 1.13 bits per heavy atom. The van der Waals surface area contributed by atoms with Gasteiger partial charge in [-0.15, -0.1) is 0 Å². The first kappa shape index (κ1) is 51.0. The van der Waals surface area contributed by atoms with E-state index in [1.807, 2.05) is 12.2 Å². The molecule has 0 unspecified atom stereocenters. The summed E-state index contributed by atoms with van der Waals surface area (Å²) in [6.45, 7) is 4.94. The molecule has 0 aromatic heterocycles. The second kappa shape index (κ2) is 25.7. The molecule has 4 fully saturated rings. The summed E-state index contributed by atoms with van der Waals surface area (Å²) in [6.07, 6.45) is 51.7. The second-order valence-corrected chi connectivity index (χ2v) is 22.4. The molecular formula is C58H94F4O. The van der Waals surface area contributed by atoms with Gasteiger partial charge in [0, 0.05) is 22.7 Å². The predicted molar refractivity (Wildman–Crippen MR) is 259 cm³/mol. The van der Waals surface area contributed by atoms with E-state index in [0.29, 0.717) is 0 Å². The van der Waals surface area contributed by atoms with E-state index in [-0.39, 0.29) is 36.9 Å². The molecular weight excluding hydrogens is 789 g/mol. The van der Waals surface area contributed by atoms with Crippen molar-refractivity contribution in [2.45, 2.75) is 256 Å². The van der Waals surface area contributed by atoms with Gasteiger partial charge in [0.05, 0.1) is 13.2 Å². The molecule has 6 aliphatic carbocycles. The number of halogens is 4. The van der Waals surface area contributed by atoms with Crippen LogP contribution < -0.4 is 0 Å². The van der Waals surface area contributed by atoms with Crippen LogP contribution >= 0.6 is 0 Å². The van der Waals surface area contributed by atoms with Crippen molar-refractivity contribution in [3.8, 4) is 0 Å². The molecule has 360 valence electrons. The van der Waals surface area contributed by atoms with Gasteiger partial charge in [-0.05, 0) is 99.3 Å². The first-order valence-corrected chi connectivity index (χ1v) is 27.8. The first-order valence-electron chi connectivity index (χ1n) is 27.8. The summed E-state index contributed by atoms with van der Waals surface area (Å²) in [7, 11) is 0. The highest BCUT2D eigenvalue weighted by Gasteiger charge is 2.60. The Bertz CT molecular complexity index is 1310. The molecule has 0 N–H and O–H groups in total. The fourth-order valence-corrected chi connectivity index (χ4v) is 14.4. The summed E-state index contributed by atoms with van der Waals surface area (Å²) in [5, 5.41) is 0. The molecule has 6 rings (SSSR count). The lowest BCUT2D eigenvalue weighted by Crippen LogP contribution is -2.52. The molecule has 0 heterocycles. The Hall–Kier alpha value is -1.36. The number of hydrogen-bond donors (Lipinski definition) is 0. The van der Waals surface area contributed by atoms with Crippen molar-refractivity contribution < 1.29 is 22.3 Å². The Kier molecular flexibility index (Phi) is 20.8. The average Bonchev–Trinajstić information content (AvgIpc) is 3.31.